The number of carbonyl (C=O) groups is 1. The van der Waals surface area contributed by atoms with Gasteiger partial charge in [-0.15, -0.1) is 0 Å². The summed E-state index contributed by atoms with van der Waals surface area (Å²) in [6.07, 6.45) is 4.93. The molecule has 3 heterocycles. The van der Waals surface area contributed by atoms with E-state index in [0.717, 1.165) is 73.2 Å². The Morgan fingerprint density at radius 2 is 1.89 bits per heavy atom. The van der Waals surface area contributed by atoms with Crippen molar-refractivity contribution in [1.82, 2.24) is 14.7 Å². The zero-order valence-electron chi connectivity index (χ0n) is 20.4. The number of benzene rings is 2. The minimum absolute atomic E-state index is 0.0405. The number of halogens is 1. The summed E-state index contributed by atoms with van der Waals surface area (Å²) in [5.41, 5.74) is 3.25. The second-order valence-corrected chi connectivity index (χ2v) is 12.3. The summed E-state index contributed by atoms with van der Waals surface area (Å²) < 4.78 is 31.3. The molecule has 37 heavy (non-hydrogen) atoms. The SMILES string of the molecule is C[C@@H](C(=O)NC1CCN(c2ccc(S(=O)(=O)Nc3ncns3)cc2)CC1)N1CCCc2cc(Cl)ccc21. The number of rotatable bonds is 7. The van der Waals surface area contributed by atoms with Crippen LogP contribution in [0.25, 0.3) is 0 Å². The van der Waals surface area contributed by atoms with Crippen LogP contribution >= 0.6 is 23.1 Å². The second kappa shape index (κ2) is 10.8. The highest BCUT2D eigenvalue weighted by atomic mass is 35.5. The molecule has 0 spiro atoms. The molecule has 1 amide bonds. The zero-order chi connectivity index (χ0) is 26.0. The van der Waals surface area contributed by atoms with Gasteiger partial charge in [-0.05, 0) is 80.6 Å². The van der Waals surface area contributed by atoms with Crippen LogP contribution < -0.4 is 19.8 Å². The zero-order valence-corrected chi connectivity index (χ0v) is 22.8. The molecule has 2 aliphatic heterocycles. The summed E-state index contributed by atoms with van der Waals surface area (Å²) in [5, 5.41) is 4.21. The molecule has 9 nitrogen and oxygen atoms in total. The van der Waals surface area contributed by atoms with Crippen molar-refractivity contribution in [1.29, 1.82) is 0 Å². The number of carbonyl (C=O) groups excluding carboxylic acids is 1. The van der Waals surface area contributed by atoms with Gasteiger partial charge in [0.05, 0.1) is 4.90 Å². The van der Waals surface area contributed by atoms with Crippen LogP contribution in [0.1, 0.15) is 31.7 Å². The standard InChI is InChI=1S/C25H29ClN6O3S2/c1-17(32-12-2-3-18-15-19(26)4-9-23(18)32)24(33)29-20-10-13-31(14-11-20)21-5-7-22(8-6-21)37(34,35)30-25-27-16-28-36-25/h4-9,15-17,20H,2-3,10-14H2,1H3,(H,29,33)(H,27,28,30)/t17-/m0/s1. The lowest BCUT2D eigenvalue weighted by Gasteiger charge is -2.38. The fourth-order valence-corrected chi connectivity index (χ4v) is 6.83. The van der Waals surface area contributed by atoms with E-state index in [2.05, 4.69) is 29.2 Å². The lowest BCUT2D eigenvalue weighted by molar-refractivity contribution is -0.122. The smallest absolute Gasteiger partial charge is 0.263 e. The Hall–Kier alpha value is -2.89. The van der Waals surface area contributed by atoms with Crippen LogP contribution in [0.4, 0.5) is 16.5 Å². The topological polar surface area (TPSA) is 108 Å². The van der Waals surface area contributed by atoms with Gasteiger partial charge in [0.1, 0.15) is 12.4 Å². The molecular weight excluding hydrogens is 532 g/mol. The van der Waals surface area contributed by atoms with E-state index in [0.29, 0.717) is 0 Å². The molecule has 0 saturated carbocycles. The first-order chi connectivity index (χ1) is 17.8. The fourth-order valence-electron chi connectivity index (χ4n) is 4.97. The van der Waals surface area contributed by atoms with Crippen molar-refractivity contribution in [3.8, 4) is 0 Å². The van der Waals surface area contributed by atoms with E-state index >= 15 is 0 Å². The van der Waals surface area contributed by atoms with Gasteiger partial charge in [0.25, 0.3) is 10.0 Å². The van der Waals surface area contributed by atoms with E-state index in [1.54, 1.807) is 12.1 Å². The fraction of sp³-hybridized carbons (Fsp3) is 0.400. The van der Waals surface area contributed by atoms with Crippen LogP contribution in [-0.2, 0) is 21.2 Å². The number of sulfonamides is 1. The van der Waals surface area contributed by atoms with Gasteiger partial charge in [0, 0.05) is 53.6 Å². The molecule has 1 aromatic heterocycles. The molecule has 1 saturated heterocycles. The maximum atomic E-state index is 13.1. The number of fused-ring (bicyclic) bond motifs is 1. The quantitative estimate of drug-likeness (QED) is 0.451. The van der Waals surface area contributed by atoms with Gasteiger partial charge in [-0.2, -0.15) is 4.37 Å². The van der Waals surface area contributed by atoms with Crippen molar-refractivity contribution < 1.29 is 13.2 Å². The molecule has 0 radical (unpaired) electrons. The predicted molar refractivity (Wildman–Crippen MR) is 147 cm³/mol. The number of hydrogen-bond acceptors (Lipinski definition) is 8. The van der Waals surface area contributed by atoms with Gasteiger partial charge < -0.3 is 15.1 Å². The van der Waals surface area contributed by atoms with E-state index in [4.69, 9.17) is 11.6 Å². The Kier molecular flexibility index (Phi) is 7.55. The Bertz CT molecular complexity index is 1340. The normalized spacial score (nSPS) is 17.2. The predicted octanol–water partition coefficient (Wildman–Crippen LogP) is 3.92. The van der Waals surface area contributed by atoms with Gasteiger partial charge in [-0.25, -0.2) is 13.4 Å². The largest absolute Gasteiger partial charge is 0.371 e. The number of aromatic nitrogens is 2. The van der Waals surface area contributed by atoms with Crippen molar-refractivity contribution in [3.63, 3.8) is 0 Å². The Morgan fingerprint density at radius 3 is 2.59 bits per heavy atom. The summed E-state index contributed by atoms with van der Waals surface area (Å²) in [7, 11) is -3.71. The van der Waals surface area contributed by atoms with Gasteiger partial charge in [0.2, 0.25) is 11.0 Å². The lowest BCUT2D eigenvalue weighted by Crippen LogP contribution is -2.52. The van der Waals surface area contributed by atoms with Crippen LogP contribution in [0.5, 0.6) is 0 Å². The monoisotopic (exact) mass is 560 g/mol. The molecule has 196 valence electrons. The highest BCUT2D eigenvalue weighted by molar-refractivity contribution is 7.93. The van der Waals surface area contributed by atoms with E-state index in [1.807, 2.05) is 37.3 Å². The summed E-state index contributed by atoms with van der Waals surface area (Å²) in [6, 6.07) is 12.6. The Morgan fingerprint density at radius 1 is 1.14 bits per heavy atom. The average molecular weight is 561 g/mol. The molecule has 0 unspecified atom stereocenters. The lowest BCUT2D eigenvalue weighted by atomic mass is 9.99. The molecule has 2 N–H and O–H groups in total. The number of aryl methyl sites for hydroxylation is 1. The molecule has 1 fully saturated rings. The second-order valence-electron chi connectivity index (χ2n) is 9.36. The first-order valence-electron chi connectivity index (χ1n) is 12.3. The number of nitrogens with one attached hydrogen (secondary N) is 2. The molecule has 2 aliphatic rings. The average Bonchev–Trinajstić information content (AvgIpc) is 3.40. The number of piperidine rings is 1. The van der Waals surface area contributed by atoms with Gasteiger partial charge in [-0.1, -0.05) is 11.6 Å². The summed E-state index contributed by atoms with van der Waals surface area (Å²) in [4.78, 5) is 21.5. The third-order valence-electron chi connectivity index (χ3n) is 6.98. The minimum atomic E-state index is -3.71. The molecular formula is C25H29ClN6O3S2. The van der Waals surface area contributed by atoms with Crippen molar-refractivity contribution in [2.75, 3.05) is 34.2 Å². The van der Waals surface area contributed by atoms with Crippen molar-refractivity contribution in [3.05, 3.63) is 59.4 Å². The van der Waals surface area contributed by atoms with E-state index in [-0.39, 0.29) is 28.0 Å². The molecule has 3 aromatic rings. The molecule has 5 rings (SSSR count). The van der Waals surface area contributed by atoms with Crippen LogP contribution in [0.15, 0.2) is 53.7 Å². The highest BCUT2D eigenvalue weighted by Gasteiger charge is 2.29. The first-order valence-corrected chi connectivity index (χ1v) is 14.9. The first kappa shape index (κ1) is 25.7. The highest BCUT2D eigenvalue weighted by Crippen LogP contribution is 2.31. The molecule has 2 aromatic carbocycles. The number of amides is 1. The van der Waals surface area contributed by atoms with E-state index in [1.165, 1.54) is 11.9 Å². The minimum Gasteiger partial charge on any atom is -0.371 e. The number of anilines is 3. The van der Waals surface area contributed by atoms with Crippen LogP contribution in [0.3, 0.4) is 0 Å². The Balaban J connectivity index is 1.15. The van der Waals surface area contributed by atoms with Crippen molar-refractivity contribution >= 4 is 55.6 Å². The van der Waals surface area contributed by atoms with E-state index < -0.39 is 10.0 Å². The summed E-state index contributed by atoms with van der Waals surface area (Å²) in [6.45, 7) is 4.37. The molecule has 0 aliphatic carbocycles. The molecule has 0 bridgehead atoms. The Labute approximate surface area is 226 Å². The van der Waals surface area contributed by atoms with Gasteiger partial charge in [0.15, 0.2) is 0 Å². The number of nitrogens with zero attached hydrogens (tertiary/aromatic N) is 4. The summed E-state index contributed by atoms with van der Waals surface area (Å²) in [5.74, 6) is 0.0405. The van der Waals surface area contributed by atoms with Gasteiger partial charge >= 0.3 is 0 Å². The van der Waals surface area contributed by atoms with Crippen molar-refractivity contribution in [2.45, 2.75) is 49.6 Å². The third-order valence-corrected chi connectivity index (χ3v) is 9.28. The van der Waals surface area contributed by atoms with Crippen LogP contribution in [0.2, 0.25) is 5.02 Å². The summed E-state index contributed by atoms with van der Waals surface area (Å²) >= 11 is 7.15. The van der Waals surface area contributed by atoms with Crippen LogP contribution in [0, 0.1) is 0 Å². The maximum absolute atomic E-state index is 13.1. The molecule has 1 atom stereocenters. The number of hydrogen-bond donors (Lipinski definition) is 2. The van der Waals surface area contributed by atoms with Crippen LogP contribution in [-0.4, -0.2) is 55.4 Å². The third kappa shape index (κ3) is 5.83. The van der Waals surface area contributed by atoms with E-state index in [9.17, 15) is 13.2 Å². The molecule has 12 heteroatoms. The maximum Gasteiger partial charge on any atom is 0.263 e. The van der Waals surface area contributed by atoms with Crippen molar-refractivity contribution in [2.24, 2.45) is 0 Å². The van der Waals surface area contributed by atoms with Gasteiger partial charge in [-0.3, -0.25) is 9.52 Å².